The standard InChI is InChI=1S/C2Cl3/c3-1-2(4)5/q-1. The molecule has 0 radical (unpaired) electrons. The molecule has 0 spiro atoms. The van der Waals surface area contributed by atoms with Gasteiger partial charge in [0.25, 0.3) is 0 Å². The van der Waals surface area contributed by atoms with Gasteiger partial charge >= 0.3 is 0 Å². The second-order valence-corrected chi connectivity index (χ2v) is 1.49. The van der Waals surface area contributed by atoms with Crippen molar-refractivity contribution in [1.29, 1.82) is 0 Å². The summed E-state index contributed by atoms with van der Waals surface area (Å²) in [6.07, 6.45) is 0. The third-order valence-corrected chi connectivity index (χ3v) is 0.643. The van der Waals surface area contributed by atoms with Gasteiger partial charge in [-0.05, 0) is 0 Å². The van der Waals surface area contributed by atoms with E-state index in [1.165, 1.54) is 0 Å². The monoisotopic (exact) mass is 129 g/mol. The first kappa shape index (κ1) is 5.61. The molecule has 0 aliphatic rings. The van der Waals surface area contributed by atoms with Crippen molar-refractivity contribution in [2.45, 2.75) is 0 Å². The average Bonchev–Trinajstić information content (AvgIpc) is 1.38. The van der Waals surface area contributed by atoms with E-state index < -0.39 is 0 Å². The van der Waals surface area contributed by atoms with E-state index in [1.807, 2.05) is 5.54 Å². The molecule has 30 valence electrons. The van der Waals surface area contributed by atoms with Crippen LogP contribution in [0.1, 0.15) is 0 Å². The van der Waals surface area contributed by atoms with E-state index >= 15 is 0 Å². The highest BCUT2D eigenvalue weighted by Gasteiger charge is 1.53. The van der Waals surface area contributed by atoms with E-state index in [0.717, 1.165) is 0 Å². The average molecular weight is 130 g/mol. The molecule has 0 unspecified atom stereocenters. The van der Waals surface area contributed by atoms with E-state index in [4.69, 9.17) is 34.8 Å². The van der Waals surface area contributed by atoms with Gasteiger partial charge < -0.3 is 17.1 Å². The Morgan fingerprint density at radius 1 is 1.40 bits per heavy atom. The van der Waals surface area contributed by atoms with E-state index in [0.29, 0.717) is 0 Å². The van der Waals surface area contributed by atoms with Crippen LogP contribution in [-0.2, 0) is 0 Å². The minimum Gasteiger partial charge on any atom is -0.366 e. The quantitative estimate of drug-likeness (QED) is 0.441. The summed E-state index contributed by atoms with van der Waals surface area (Å²) in [7, 11) is 0. The second kappa shape index (κ2) is 2.83. The highest BCUT2D eigenvalue weighted by atomic mass is 35.5. The largest absolute Gasteiger partial charge is 0.366 e. The van der Waals surface area contributed by atoms with Crippen molar-refractivity contribution in [1.82, 2.24) is 0 Å². The summed E-state index contributed by atoms with van der Waals surface area (Å²) in [4.78, 5) is 0. The Morgan fingerprint density at radius 3 is 1.60 bits per heavy atom. The van der Waals surface area contributed by atoms with E-state index in [2.05, 4.69) is 0 Å². The molecule has 0 fully saturated rings. The normalized spacial score (nSPS) is 7.00. The molecule has 0 nitrogen and oxygen atoms in total. The minimum absolute atomic E-state index is 0.0355. The van der Waals surface area contributed by atoms with Crippen molar-refractivity contribution in [2.24, 2.45) is 0 Å². The van der Waals surface area contributed by atoms with Gasteiger partial charge in [-0.15, -0.1) is 23.2 Å². The van der Waals surface area contributed by atoms with E-state index in [-0.39, 0.29) is 4.49 Å². The van der Waals surface area contributed by atoms with Gasteiger partial charge in [-0.3, -0.25) is 0 Å². The molecule has 0 aromatic heterocycles. The number of hydrogen-bond donors (Lipinski definition) is 0. The van der Waals surface area contributed by atoms with Gasteiger partial charge in [-0.2, -0.15) is 0 Å². The molecule has 0 rings (SSSR count). The van der Waals surface area contributed by atoms with Gasteiger partial charge in [0, 0.05) is 0 Å². The molecular formula is C2Cl3-. The molecular weight excluding hydrogens is 130 g/mol. The van der Waals surface area contributed by atoms with Gasteiger partial charge in [0.2, 0.25) is 0 Å². The van der Waals surface area contributed by atoms with Gasteiger partial charge in [0.15, 0.2) is 0 Å². The van der Waals surface area contributed by atoms with Crippen LogP contribution < -0.4 is 0 Å². The zero-order chi connectivity index (χ0) is 4.28. The molecule has 0 saturated carbocycles. The molecule has 0 aliphatic heterocycles. The predicted octanol–water partition coefficient (Wildman–Crippen LogP) is 2.30. The molecule has 3 heteroatoms. The molecule has 0 amide bonds. The Bertz CT molecular complexity index is 42.9. The summed E-state index contributed by atoms with van der Waals surface area (Å²) >= 11 is 14.6. The summed E-state index contributed by atoms with van der Waals surface area (Å²) in [5.74, 6) is 0. The fourth-order valence-electron chi connectivity index (χ4n) is 0. The van der Waals surface area contributed by atoms with Crippen molar-refractivity contribution in [3.05, 3.63) is 10.0 Å². The van der Waals surface area contributed by atoms with Crippen LogP contribution >= 0.6 is 34.8 Å². The molecule has 0 saturated heterocycles. The summed E-state index contributed by atoms with van der Waals surface area (Å²) in [6.45, 7) is 0. The van der Waals surface area contributed by atoms with Gasteiger partial charge in [0.05, 0.1) is 0 Å². The number of rotatable bonds is 0. The van der Waals surface area contributed by atoms with Crippen molar-refractivity contribution < 1.29 is 0 Å². The Hall–Kier alpha value is 0.610. The fraction of sp³-hybridized carbons (Fsp3) is 0. The van der Waals surface area contributed by atoms with E-state index in [1.54, 1.807) is 0 Å². The lowest BCUT2D eigenvalue weighted by atomic mass is 11.2. The first-order valence-corrected chi connectivity index (χ1v) is 1.95. The topological polar surface area (TPSA) is 0 Å². The molecule has 0 heterocycles. The van der Waals surface area contributed by atoms with Crippen molar-refractivity contribution in [2.75, 3.05) is 0 Å². The first-order chi connectivity index (χ1) is 2.27. The van der Waals surface area contributed by atoms with Gasteiger partial charge in [-0.25, -0.2) is 0 Å². The summed E-state index contributed by atoms with van der Waals surface area (Å²) < 4.78 is -0.0355. The lowest BCUT2D eigenvalue weighted by Crippen LogP contribution is -1.35. The molecule has 0 N–H and O–H groups in total. The van der Waals surface area contributed by atoms with Crippen LogP contribution in [0.2, 0.25) is 0 Å². The lowest BCUT2D eigenvalue weighted by Gasteiger charge is -1.84. The van der Waals surface area contributed by atoms with Crippen molar-refractivity contribution in [3.63, 3.8) is 0 Å². The zero-order valence-corrected chi connectivity index (χ0v) is 4.40. The predicted molar refractivity (Wildman–Crippen MR) is 24.3 cm³/mol. The Morgan fingerprint density at radius 2 is 1.60 bits per heavy atom. The highest BCUT2D eigenvalue weighted by Crippen LogP contribution is 2.04. The van der Waals surface area contributed by atoms with E-state index in [9.17, 15) is 0 Å². The molecule has 5 heavy (non-hydrogen) atoms. The first-order valence-electron chi connectivity index (χ1n) is 0.817. The van der Waals surface area contributed by atoms with Crippen molar-refractivity contribution >= 4 is 34.8 Å². The van der Waals surface area contributed by atoms with Gasteiger partial charge in [-0.1, -0.05) is 4.49 Å². The van der Waals surface area contributed by atoms with Crippen LogP contribution in [0, 0.1) is 5.54 Å². The minimum atomic E-state index is -0.0355. The van der Waals surface area contributed by atoms with Crippen LogP contribution in [0.4, 0.5) is 0 Å². The zero-order valence-electron chi connectivity index (χ0n) is 2.13. The fourth-order valence-corrected chi connectivity index (χ4v) is 0. The Kier molecular flexibility index (Phi) is 3.17. The Labute approximate surface area is 45.3 Å². The Balaban J connectivity index is 3.14. The third kappa shape index (κ3) is 4.61. The lowest BCUT2D eigenvalue weighted by molar-refractivity contribution is 2.25. The summed E-state index contributed by atoms with van der Waals surface area (Å²) in [5.41, 5.74) is 1.95. The molecule has 0 aliphatic carbocycles. The van der Waals surface area contributed by atoms with Crippen LogP contribution in [0.15, 0.2) is 4.49 Å². The third-order valence-electron chi connectivity index (χ3n) is 0.0714. The second-order valence-electron chi connectivity index (χ2n) is 0.355. The molecule has 0 aromatic rings. The van der Waals surface area contributed by atoms with Crippen LogP contribution in [-0.4, -0.2) is 0 Å². The molecule has 0 aromatic carbocycles. The van der Waals surface area contributed by atoms with Crippen LogP contribution in [0.5, 0.6) is 0 Å². The smallest absolute Gasteiger partial charge is 0.0614 e. The summed E-state index contributed by atoms with van der Waals surface area (Å²) in [5, 5.41) is 0. The maximum atomic E-state index is 4.90. The SMILES string of the molecule is Cl[C-]=C(Cl)Cl. The van der Waals surface area contributed by atoms with Crippen molar-refractivity contribution in [3.8, 4) is 0 Å². The molecule has 0 atom stereocenters. The number of hydrogen-bond acceptors (Lipinski definition) is 0. The van der Waals surface area contributed by atoms with Crippen LogP contribution in [0.25, 0.3) is 0 Å². The maximum Gasteiger partial charge on any atom is -0.0614 e. The maximum absolute atomic E-state index is 4.90. The summed E-state index contributed by atoms with van der Waals surface area (Å²) in [6, 6.07) is 0. The van der Waals surface area contributed by atoms with Crippen LogP contribution in [0.3, 0.4) is 0 Å². The number of halogens is 3. The molecule has 0 bridgehead atoms. The highest BCUT2D eigenvalue weighted by molar-refractivity contribution is 6.57. The van der Waals surface area contributed by atoms with Gasteiger partial charge in [0.1, 0.15) is 0 Å².